The van der Waals surface area contributed by atoms with Crippen LogP contribution >= 0.6 is 12.2 Å². The number of H-pyrrole nitrogens is 2. The number of carbonyl (C=O) groups excluding carboxylic acids is 1. The van der Waals surface area contributed by atoms with Crippen LogP contribution in [0.25, 0.3) is 0 Å². The molecule has 15 heavy (non-hydrogen) atoms. The van der Waals surface area contributed by atoms with E-state index in [4.69, 9.17) is 17.3 Å². The van der Waals surface area contributed by atoms with Crippen LogP contribution in [0.15, 0.2) is 6.20 Å². The molecular formula is C9H17N3O2S+2. The van der Waals surface area contributed by atoms with Crippen molar-refractivity contribution in [3.05, 3.63) is 16.7 Å². The molecule has 0 aliphatic carbocycles. The van der Waals surface area contributed by atoms with Crippen molar-refractivity contribution in [2.75, 3.05) is 21.1 Å². The zero-order valence-electron chi connectivity index (χ0n) is 9.13. The fraction of sp³-hybridized carbons (Fsp3) is 0.556. The Hall–Kier alpha value is -1.14. The predicted octanol–water partition coefficient (Wildman–Crippen LogP) is -0.0592. The number of quaternary nitrogens is 1. The Morgan fingerprint density at radius 2 is 2.20 bits per heavy atom. The van der Waals surface area contributed by atoms with E-state index in [2.05, 4.69) is 9.97 Å². The zero-order valence-corrected chi connectivity index (χ0v) is 9.94. The van der Waals surface area contributed by atoms with E-state index in [1.807, 2.05) is 21.1 Å². The van der Waals surface area contributed by atoms with E-state index in [1.165, 1.54) is 0 Å². The van der Waals surface area contributed by atoms with Gasteiger partial charge in [0, 0.05) is 16.7 Å². The Bertz CT molecular complexity index is 402. The molecule has 0 radical (unpaired) electrons. The van der Waals surface area contributed by atoms with Crippen molar-refractivity contribution in [3.63, 3.8) is 0 Å². The predicted molar refractivity (Wildman–Crippen MR) is 60.1 cm³/mol. The average molecular weight is 231 g/mol. The van der Waals surface area contributed by atoms with Crippen LogP contribution in [0, 0.1) is 4.77 Å². The topological polar surface area (TPSA) is 71.5 Å². The molecule has 1 aromatic rings. The number of aromatic nitrogens is 2. The summed E-state index contributed by atoms with van der Waals surface area (Å²) in [5.74, 6) is -0.553. The number of carbonyl (C=O) groups is 1. The van der Waals surface area contributed by atoms with Gasteiger partial charge in [0.05, 0.1) is 27.6 Å². The zero-order chi connectivity index (χ0) is 11.6. The number of hydrogen-bond acceptors (Lipinski definition) is 2. The van der Waals surface area contributed by atoms with Crippen molar-refractivity contribution in [2.45, 2.75) is 12.5 Å². The summed E-state index contributed by atoms with van der Waals surface area (Å²) >= 11 is 4.90. The van der Waals surface area contributed by atoms with Gasteiger partial charge in [-0.25, -0.2) is 0 Å². The summed E-state index contributed by atoms with van der Waals surface area (Å²) in [7, 11) is 5.70. The normalized spacial score (nSPS) is 13.8. The van der Waals surface area contributed by atoms with Crippen molar-refractivity contribution in [2.24, 2.45) is 0 Å². The lowest BCUT2D eigenvalue weighted by molar-refractivity contribution is -0.887. The number of nitrogens with one attached hydrogen (secondary N) is 2. The first-order valence-electron chi connectivity index (χ1n) is 4.64. The maximum Gasteiger partial charge on any atom is 0.574 e. The molecule has 0 spiro atoms. The van der Waals surface area contributed by atoms with E-state index < -0.39 is 5.97 Å². The average Bonchev–Trinajstić information content (AvgIpc) is 2.44. The Kier molecular flexibility index (Phi) is 3.31. The maximum atomic E-state index is 11.2. The van der Waals surface area contributed by atoms with Crippen molar-refractivity contribution < 1.29 is 14.4 Å². The molecule has 6 heteroatoms. The summed E-state index contributed by atoms with van der Waals surface area (Å²) in [4.78, 5) is 17.0. The third-order valence-corrected chi connectivity index (χ3v) is 2.52. The number of imidazole rings is 1. The Morgan fingerprint density at radius 3 is 2.53 bits per heavy atom. The van der Waals surface area contributed by atoms with Crippen molar-refractivity contribution in [3.8, 4) is 0 Å². The molecule has 0 unspecified atom stereocenters. The second-order valence-corrected chi connectivity index (χ2v) is 4.88. The van der Waals surface area contributed by atoms with Gasteiger partial charge in [-0.05, 0) is 12.2 Å². The molecule has 1 heterocycles. The van der Waals surface area contributed by atoms with Crippen LogP contribution in [-0.2, 0) is 11.2 Å². The summed E-state index contributed by atoms with van der Waals surface area (Å²) in [6.07, 6.45) is 2.24. The summed E-state index contributed by atoms with van der Waals surface area (Å²) in [5.41, 5.74) is 0.860. The molecule has 0 saturated carbocycles. The molecule has 1 aromatic heterocycles. The van der Waals surface area contributed by atoms with Crippen LogP contribution in [0.5, 0.6) is 0 Å². The molecule has 1 atom stereocenters. The van der Waals surface area contributed by atoms with Gasteiger partial charge in [0.1, 0.15) is 0 Å². The highest BCUT2D eigenvalue weighted by molar-refractivity contribution is 7.71. The van der Waals surface area contributed by atoms with E-state index in [1.54, 1.807) is 6.20 Å². The van der Waals surface area contributed by atoms with Gasteiger partial charge in [0.2, 0.25) is 0 Å². The molecule has 0 amide bonds. The van der Waals surface area contributed by atoms with Gasteiger partial charge in [-0.1, -0.05) is 0 Å². The molecule has 0 aliphatic heterocycles. The minimum atomic E-state index is -0.553. The maximum absolute atomic E-state index is 11.2. The molecule has 0 bridgehead atoms. The highest BCUT2D eigenvalue weighted by Gasteiger charge is 2.37. The first-order valence-corrected chi connectivity index (χ1v) is 5.04. The van der Waals surface area contributed by atoms with Gasteiger partial charge in [0.15, 0.2) is 4.77 Å². The van der Waals surface area contributed by atoms with Crippen molar-refractivity contribution in [1.29, 1.82) is 0 Å². The highest BCUT2D eigenvalue weighted by Crippen LogP contribution is 2.09. The van der Waals surface area contributed by atoms with Crippen LogP contribution < -0.4 is 0 Å². The lowest BCUT2D eigenvalue weighted by Crippen LogP contribution is -2.51. The SMILES string of the molecule is C[N+](C)(C)[C@@H](Cc1c[nH]c(=S)[nH]1)C(=O)[OH2+]. The minimum absolute atomic E-state index is 0.369. The third-order valence-electron chi connectivity index (χ3n) is 2.30. The van der Waals surface area contributed by atoms with E-state index in [0.29, 0.717) is 15.7 Å². The number of aromatic amines is 2. The van der Waals surface area contributed by atoms with Crippen LogP contribution in [0.1, 0.15) is 5.69 Å². The van der Waals surface area contributed by atoms with Crippen LogP contribution in [0.3, 0.4) is 0 Å². The van der Waals surface area contributed by atoms with E-state index in [-0.39, 0.29) is 6.04 Å². The highest BCUT2D eigenvalue weighted by atomic mass is 32.1. The molecular weight excluding hydrogens is 214 g/mol. The molecule has 5 nitrogen and oxygen atoms in total. The summed E-state index contributed by atoms with van der Waals surface area (Å²) < 4.78 is 0.983. The fourth-order valence-electron chi connectivity index (χ4n) is 1.41. The first-order chi connectivity index (χ1) is 6.80. The first kappa shape index (κ1) is 11.9. The molecule has 4 N–H and O–H groups in total. The van der Waals surface area contributed by atoms with Crippen LogP contribution in [-0.4, -0.2) is 52.7 Å². The van der Waals surface area contributed by atoms with Gasteiger partial charge >= 0.3 is 5.97 Å². The number of nitrogens with zero attached hydrogens (tertiary/aromatic N) is 1. The molecule has 0 fully saturated rings. The van der Waals surface area contributed by atoms with Crippen molar-refractivity contribution >= 4 is 18.2 Å². The number of rotatable bonds is 4. The number of hydrogen-bond donors (Lipinski definition) is 2. The van der Waals surface area contributed by atoms with Crippen molar-refractivity contribution in [1.82, 2.24) is 9.97 Å². The van der Waals surface area contributed by atoms with Gasteiger partial charge in [-0.15, -0.1) is 0 Å². The lowest BCUT2D eigenvalue weighted by Gasteiger charge is -2.28. The molecule has 0 aromatic carbocycles. The van der Waals surface area contributed by atoms with E-state index in [9.17, 15) is 4.79 Å². The lowest BCUT2D eigenvalue weighted by atomic mass is 10.1. The smallest absolute Gasteiger partial charge is 0.560 e. The second kappa shape index (κ2) is 4.16. The third kappa shape index (κ3) is 3.17. The molecule has 0 saturated heterocycles. The van der Waals surface area contributed by atoms with Gasteiger partial charge in [0.25, 0.3) is 6.04 Å². The quantitative estimate of drug-likeness (QED) is 0.433. The summed E-state index contributed by atoms with van der Waals surface area (Å²) in [5, 5.41) is 7.24. The van der Waals surface area contributed by atoms with Gasteiger partial charge in [-0.3, -0.25) is 0 Å². The summed E-state index contributed by atoms with van der Waals surface area (Å²) in [6, 6.07) is -0.369. The van der Waals surface area contributed by atoms with E-state index >= 15 is 0 Å². The monoisotopic (exact) mass is 231 g/mol. The Labute approximate surface area is 93.3 Å². The summed E-state index contributed by atoms with van der Waals surface area (Å²) in [6.45, 7) is 0. The number of likely N-dealkylation sites (N-methyl/N-ethyl adjacent to an activating group) is 1. The molecule has 1 rings (SSSR count). The fourth-order valence-corrected chi connectivity index (χ4v) is 1.60. The van der Waals surface area contributed by atoms with Crippen LogP contribution in [0.2, 0.25) is 0 Å². The Morgan fingerprint density at radius 1 is 1.60 bits per heavy atom. The van der Waals surface area contributed by atoms with Gasteiger partial charge < -0.3 is 19.6 Å². The van der Waals surface area contributed by atoms with Gasteiger partial charge in [-0.2, -0.15) is 0 Å². The minimum Gasteiger partial charge on any atom is -0.560 e. The largest absolute Gasteiger partial charge is 0.574 e. The standard InChI is InChI=1S/C9H15N3O2S/c1-12(2,3)7(8(13)14)4-6-5-10-9(15)11-6/h5,7H,4H2,1-3H3,(H2-,10,11,13,14,15)/p+2/t7-/m0/s1. The Balaban J connectivity index is 2.85. The molecule has 0 aliphatic rings. The second-order valence-electron chi connectivity index (χ2n) is 4.47. The van der Waals surface area contributed by atoms with Crippen LogP contribution in [0.4, 0.5) is 0 Å². The van der Waals surface area contributed by atoms with E-state index in [0.717, 1.165) is 5.69 Å². The molecule has 84 valence electrons.